The molecule has 1 aliphatic rings. The molecule has 1 fully saturated rings. The number of rotatable bonds is 8. The molecule has 1 amide bonds. The Morgan fingerprint density at radius 2 is 1.76 bits per heavy atom. The zero-order valence-corrected chi connectivity index (χ0v) is 18.0. The standard InChI is InChI=1S/C21H24N2O9S/c24-12-16-18(26)19(27)20(28)21(31-16)32-22-17(25)10-9-13-5-4-8-15(11-13)33(29,30)23-14-6-2-1-3-7-14/h1-11,16,18-21,23-24,26-28H,12H2,(H,22,25)/b10-9+/t16-,18+,19+,20-,21+/m1/s1. The first-order chi connectivity index (χ1) is 15.7. The molecule has 0 unspecified atom stereocenters. The average Bonchev–Trinajstić information content (AvgIpc) is 2.81. The summed E-state index contributed by atoms with van der Waals surface area (Å²) in [7, 11) is -3.84. The maximum Gasteiger partial charge on any atom is 0.267 e. The summed E-state index contributed by atoms with van der Waals surface area (Å²) in [6.45, 7) is -0.642. The Kier molecular flexibility index (Phi) is 8.15. The van der Waals surface area contributed by atoms with Gasteiger partial charge < -0.3 is 25.2 Å². The van der Waals surface area contributed by atoms with Gasteiger partial charge in [0.25, 0.3) is 15.9 Å². The third-order valence-electron chi connectivity index (χ3n) is 4.75. The zero-order chi connectivity index (χ0) is 24.0. The topological polar surface area (TPSA) is 175 Å². The highest BCUT2D eigenvalue weighted by Gasteiger charge is 2.44. The zero-order valence-electron chi connectivity index (χ0n) is 17.2. The van der Waals surface area contributed by atoms with Crippen LogP contribution in [0.5, 0.6) is 0 Å². The molecule has 0 bridgehead atoms. The van der Waals surface area contributed by atoms with Crippen LogP contribution < -0.4 is 10.2 Å². The lowest BCUT2D eigenvalue weighted by atomic mass is 9.99. The average molecular weight is 480 g/mol. The summed E-state index contributed by atoms with van der Waals surface area (Å²) in [4.78, 5) is 17.0. The van der Waals surface area contributed by atoms with Gasteiger partial charge in [0.15, 0.2) is 0 Å². The number of hydroxylamine groups is 1. The Bertz CT molecular complexity index is 1080. The Hall–Kier alpha value is -2.84. The highest BCUT2D eigenvalue weighted by Crippen LogP contribution is 2.21. The lowest BCUT2D eigenvalue weighted by Crippen LogP contribution is -2.60. The van der Waals surface area contributed by atoms with Crippen LogP contribution in [0, 0.1) is 0 Å². The summed E-state index contributed by atoms with van der Waals surface area (Å²) in [5, 5.41) is 38.5. The van der Waals surface area contributed by atoms with Gasteiger partial charge in [-0.1, -0.05) is 30.3 Å². The van der Waals surface area contributed by atoms with Crippen molar-refractivity contribution in [3.63, 3.8) is 0 Å². The lowest BCUT2D eigenvalue weighted by molar-refractivity contribution is -0.312. The van der Waals surface area contributed by atoms with Crippen molar-refractivity contribution in [3.8, 4) is 0 Å². The molecule has 2 aromatic carbocycles. The van der Waals surface area contributed by atoms with Crippen molar-refractivity contribution in [1.82, 2.24) is 5.48 Å². The molecule has 12 heteroatoms. The van der Waals surface area contributed by atoms with E-state index < -0.39 is 53.2 Å². The summed E-state index contributed by atoms with van der Waals surface area (Å²) < 4.78 is 32.7. The second-order valence-corrected chi connectivity index (χ2v) is 8.84. The molecule has 6 N–H and O–H groups in total. The fourth-order valence-corrected chi connectivity index (χ4v) is 4.11. The molecule has 11 nitrogen and oxygen atoms in total. The van der Waals surface area contributed by atoms with E-state index >= 15 is 0 Å². The largest absolute Gasteiger partial charge is 0.394 e. The molecule has 2 aromatic rings. The van der Waals surface area contributed by atoms with E-state index in [0.29, 0.717) is 11.3 Å². The summed E-state index contributed by atoms with van der Waals surface area (Å²) in [5.41, 5.74) is 2.81. The second-order valence-electron chi connectivity index (χ2n) is 7.16. The van der Waals surface area contributed by atoms with E-state index in [1.54, 1.807) is 36.4 Å². The number of nitrogens with one attached hydrogen (secondary N) is 2. The monoisotopic (exact) mass is 480 g/mol. The fourth-order valence-electron chi connectivity index (χ4n) is 2.99. The van der Waals surface area contributed by atoms with Crippen molar-refractivity contribution in [2.75, 3.05) is 11.3 Å². The quantitative estimate of drug-likeness (QED) is 0.212. The van der Waals surface area contributed by atoms with Crippen LogP contribution in [0.15, 0.2) is 65.6 Å². The molecule has 0 saturated carbocycles. The number of benzene rings is 2. The van der Waals surface area contributed by atoms with Crippen LogP contribution in [-0.4, -0.2) is 72.1 Å². The van der Waals surface area contributed by atoms with Gasteiger partial charge in [0, 0.05) is 11.8 Å². The van der Waals surface area contributed by atoms with E-state index in [2.05, 4.69) is 4.72 Å². The molecule has 0 aliphatic carbocycles. The van der Waals surface area contributed by atoms with Gasteiger partial charge in [-0.2, -0.15) is 0 Å². The molecule has 1 aliphatic heterocycles. The van der Waals surface area contributed by atoms with Crippen molar-refractivity contribution < 1.29 is 43.2 Å². The number of hydrogen-bond donors (Lipinski definition) is 6. The third kappa shape index (κ3) is 6.36. The molecular formula is C21H24N2O9S. The lowest BCUT2D eigenvalue weighted by Gasteiger charge is -2.38. The number of sulfonamides is 1. The SMILES string of the molecule is O=C(/C=C/c1cccc(S(=O)(=O)Nc2ccccc2)c1)NO[C@@H]1O[C@H](CO)[C@H](O)[C@H](O)[C@H]1O. The minimum absolute atomic E-state index is 0.00789. The minimum atomic E-state index is -3.84. The number of amides is 1. The van der Waals surface area contributed by atoms with Gasteiger partial charge in [-0.15, -0.1) is 0 Å². The molecule has 178 valence electrons. The Labute approximate surface area is 189 Å². The second kappa shape index (κ2) is 10.9. The first kappa shape index (κ1) is 24.8. The molecule has 3 rings (SSSR count). The van der Waals surface area contributed by atoms with Crippen LogP contribution in [0.4, 0.5) is 5.69 Å². The van der Waals surface area contributed by atoms with E-state index in [1.165, 1.54) is 24.3 Å². The fraction of sp³-hybridized carbons (Fsp3) is 0.286. The summed E-state index contributed by atoms with van der Waals surface area (Å²) in [6, 6.07) is 14.3. The molecule has 1 saturated heterocycles. The van der Waals surface area contributed by atoms with E-state index in [4.69, 9.17) is 14.7 Å². The van der Waals surface area contributed by atoms with Crippen molar-refractivity contribution in [2.24, 2.45) is 0 Å². The van der Waals surface area contributed by atoms with E-state index in [1.807, 2.05) is 5.48 Å². The number of aliphatic hydroxyl groups excluding tert-OH is 4. The number of carbonyl (C=O) groups excluding carboxylic acids is 1. The minimum Gasteiger partial charge on any atom is -0.394 e. The van der Waals surface area contributed by atoms with Crippen LogP contribution in [0.25, 0.3) is 6.08 Å². The molecule has 0 spiro atoms. The van der Waals surface area contributed by atoms with Crippen LogP contribution in [0.2, 0.25) is 0 Å². The number of para-hydroxylation sites is 1. The van der Waals surface area contributed by atoms with E-state index in [9.17, 15) is 28.5 Å². The Morgan fingerprint density at radius 3 is 2.45 bits per heavy atom. The van der Waals surface area contributed by atoms with Crippen LogP contribution in [0.1, 0.15) is 5.56 Å². The van der Waals surface area contributed by atoms with Crippen LogP contribution in [-0.2, 0) is 24.4 Å². The summed E-state index contributed by atoms with van der Waals surface area (Å²) in [5.74, 6) is -0.775. The Morgan fingerprint density at radius 1 is 1.03 bits per heavy atom. The first-order valence-electron chi connectivity index (χ1n) is 9.83. The highest BCUT2D eigenvalue weighted by atomic mass is 32.2. The number of anilines is 1. The molecule has 0 aromatic heterocycles. The van der Waals surface area contributed by atoms with E-state index in [0.717, 1.165) is 6.08 Å². The number of ether oxygens (including phenoxy) is 1. The normalized spacial score (nSPS) is 25.6. The summed E-state index contributed by atoms with van der Waals surface area (Å²) >= 11 is 0. The van der Waals surface area contributed by atoms with Crippen molar-refractivity contribution in [3.05, 3.63) is 66.2 Å². The molecule has 1 heterocycles. The van der Waals surface area contributed by atoms with Crippen molar-refractivity contribution >= 4 is 27.7 Å². The van der Waals surface area contributed by atoms with E-state index in [-0.39, 0.29) is 4.90 Å². The molecular weight excluding hydrogens is 456 g/mol. The number of hydrogen-bond acceptors (Lipinski definition) is 9. The maximum absolute atomic E-state index is 12.6. The predicted molar refractivity (Wildman–Crippen MR) is 116 cm³/mol. The first-order valence-corrected chi connectivity index (χ1v) is 11.3. The van der Waals surface area contributed by atoms with Crippen LogP contribution >= 0.6 is 0 Å². The number of aliphatic hydroxyl groups is 4. The van der Waals surface area contributed by atoms with Crippen molar-refractivity contribution in [2.45, 2.75) is 35.6 Å². The number of carbonyl (C=O) groups is 1. The predicted octanol–water partition coefficient (Wildman–Crippen LogP) is -0.652. The van der Waals surface area contributed by atoms with Gasteiger partial charge in [0.2, 0.25) is 6.29 Å². The smallest absolute Gasteiger partial charge is 0.267 e. The maximum atomic E-state index is 12.6. The third-order valence-corrected chi connectivity index (χ3v) is 6.12. The van der Waals surface area contributed by atoms with Gasteiger partial charge in [0.05, 0.1) is 11.5 Å². The van der Waals surface area contributed by atoms with Gasteiger partial charge in [-0.25, -0.2) is 18.7 Å². The van der Waals surface area contributed by atoms with Gasteiger partial charge in [-0.05, 0) is 35.9 Å². The van der Waals surface area contributed by atoms with Crippen molar-refractivity contribution in [1.29, 1.82) is 0 Å². The molecule has 33 heavy (non-hydrogen) atoms. The Balaban J connectivity index is 1.60. The van der Waals surface area contributed by atoms with Gasteiger partial charge in [-0.3, -0.25) is 9.52 Å². The van der Waals surface area contributed by atoms with Gasteiger partial charge in [0.1, 0.15) is 24.4 Å². The summed E-state index contributed by atoms with van der Waals surface area (Å²) in [6.07, 6.45) is -5.20. The van der Waals surface area contributed by atoms with Crippen LogP contribution in [0.3, 0.4) is 0 Å². The molecule has 0 radical (unpaired) electrons. The van der Waals surface area contributed by atoms with Gasteiger partial charge >= 0.3 is 0 Å². The highest BCUT2D eigenvalue weighted by molar-refractivity contribution is 7.92. The molecule has 5 atom stereocenters.